The highest BCUT2D eigenvalue weighted by atomic mass is 32.1. The molecular weight excluding hydrogens is 286 g/mol. The summed E-state index contributed by atoms with van der Waals surface area (Å²) in [6.45, 7) is 5.89. The Hall–Kier alpha value is -1.11. The van der Waals surface area contributed by atoms with Crippen LogP contribution in [0.5, 0.6) is 0 Å². The maximum Gasteiger partial charge on any atom is 0.317 e. The molecule has 2 aliphatic heterocycles. The van der Waals surface area contributed by atoms with Crippen LogP contribution in [0.15, 0.2) is 17.5 Å². The molecular formula is C15H23N3O2S. The highest BCUT2D eigenvalue weighted by Gasteiger charge is 2.25. The fourth-order valence-electron chi connectivity index (χ4n) is 3.00. The first-order valence-electron chi connectivity index (χ1n) is 7.72. The molecule has 116 valence electrons. The molecule has 2 aliphatic rings. The van der Waals surface area contributed by atoms with Gasteiger partial charge in [-0.1, -0.05) is 6.07 Å². The molecule has 3 rings (SSSR count). The lowest BCUT2D eigenvalue weighted by Gasteiger charge is -2.34. The molecule has 0 saturated carbocycles. The van der Waals surface area contributed by atoms with Gasteiger partial charge >= 0.3 is 6.03 Å². The molecule has 3 heterocycles. The standard InChI is InChI=1S/C15H23N3O2S/c19-15(18-5-1-2-6-18)16-12-13(14-4-3-11-21-14)17-7-9-20-10-8-17/h3-4,11,13H,1-2,5-10,12H2,(H,16,19)/t13-/m0/s1. The smallest absolute Gasteiger partial charge is 0.317 e. The molecule has 2 amide bonds. The minimum atomic E-state index is 0.0855. The summed E-state index contributed by atoms with van der Waals surface area (Å²) < 4.78 is 5.44. The number of hydrogen-bond donors (Lipinski definition) is 1. The van der Waals surface area contributed by atoms with Crippen molar-refractivity contribution >= 4 is 17.4 Å². The number of amides is 2. The molecule has 5 nitrogen and oxygen atoms in total. The number of rotatable bonds is 4. The van der Waals surface area contributed by atoms with E-state index in [1.807, 2.05) is 4.90 Å². The number of carbonyl (C=O) groups excluding carboxylic acids is 1. The van der Waals surface area contributed by atoms with Crippen LogP contribution in [0.25, 0.3) is 0 Å². The highest BCUT2D eigenvalue weighted by molar-refractivity contribution is 7.10. The summed E-state index contributed by atoms with van der Waals surface area (Å²) in [6.07, 6.45) is 2.26. The van der Waals surface area contributed by atoms with Crippen LogP contribution in [0.4, 0.5) is 4.79 Å². The molecule has 6 heteroatoms. The van der Waals surface area contributed by atoms with Crippen molar-refractivity contribution in [2.24, 2.45) is 0 Å². The van der Waals surface area contributed by atoms with E-state index in [0.29, 0.717) is 6.54 Å². The summed E-state index contributed by atoms with van der Waals surface area (Å²) >= 11 is 1.76. The molecule has 0 radical (unpaired) electrons. The van der Waals surface area contributed by atoms with Crippen LogP contribution in [-0.2, 0) is 4.74 Å². The molecule has 0 unspecified atom stereocenters. The van der Waals surface area contributed by atoms with Crippen molar-refractivity contribution in [1.82, 2.24) is 15.1 Å². The van der Waals surface area contributed by atoms with Crippen LogP contribution in [-0.4, -0.2) is 61.8 Å². The second-order valence-corrected chi connectivity index (χ2v) is 6.54. The van der Waals surface area contributed by atoms with Crippen molar-refractivity contribution in [2.75, 3.05) is 45.9 Å². The Bertz CT molecular complexity index is 440. The second kappa shape index (κ2) is 7.24. The number of nitrogens with zero attached hydrogens (tertiary/aromatic N) is 2. The molecule has 1 aromatic rings. The predicted octanol–water partition coefficient (Wildman–Crippen LogP) is 1.93. The van der Waals surface area contributed by atoms with E-state index in [1.54, 1.807) is 11.3 Å². The first-order chi connectivity index (χ1) is 10.3. The summed E-state index contributed by atoms with van der Waals surface area (Å²) in [5.74, 6) is 0. The van der Waals surface area contributed by atoms with E-state index in [1.165, 1.54) is 4.88 Å². The van der Waals surface area contributed by atoms with E-state index in [0.717, 1.165) is 52.2 Å². The molecule has 2 saturated heterocycles. The topological polar surface area (TPSA) is 44.8 Å². The number of likely N-dealkylation sites (tertiary alicyclic amines) is 1. The number of hydrogen-bond acceptors (Lipinski definition) is 4. The zero-order valence-corrected chi connectivity index (χ0v) is 13.1. The molecule has 0 spiro atoms. The largest absolute Gasteiger partial charge is 0.379 e. The third kappa shape index (κ3) is 3.75. The van der Waals surface area contributed by atoms with Gasteiger partial charge in [-0.3, -0.25) is 4.90 Å². The fraction of sp³-hybridized carbons (Fsp3) is 0.667. The van der Waals surface area contributed by atoms with E-state index >= 15 is 0 Å². The Morgan fingerprint density at radius 2 is 2.05 bits per heavy atom. The van der Waals surface area contributed by atoms with E-state index < -0.39 is 0 Å². The molecule has 21 heavy (non-hydrogen) atoms. The summed E-state index contributed by atoms with van der Waals surface area (Å²) in [6, 6.07) is 4.59. The van der Waals surface area contributed by atoms with Gasteiger partial charge in [-0.05, 0) is 24.3 Å². The van der Waals surface area contributed by atoms with Gasteiger partial charge in [0.2, 0.25) is 0 Å². The normalized spacial score (nSPS) is 21.4. The van der Waals surface area contributed by atoms with Gasteiger partial charge in [0.25, 0.3) is 0 Å². The number of nitrogens with one attached hydrogen (secondary N) is 1. The lowest BCUT2D eigenvalue weighted by molar-refractivity contribution is 0.0172. The van der Waals surface area contributed by atoms with Crippen molar-refractivity contribution in [3.05, 3.63) is 22.4 Å². The Kier molecular flexibility index (Phi) is 5.11. The summed E-state index contributed by atoms with van der Waals surface area (Å²) in [5.41, 5.74) is 0. The van der Waals surface area contributed by atoms with Gasteiger partial charge in [0.15, 0.2) is 0 Å². The Balaban J connectivity index is 1.60. The molecule has 0 aromatic carbocycles. The van der Waals surface area contributed by atoms with Gasteiger partial charge < -0.3 is 15.0 Å². The highest BCUT2D eigenvalue weighted by Crippen LogP contribution is 2.25. The van der Waals surface area contributed by atoms with E-state index in [9.17, 15) is 4.79 Å². The second-order valence-electron chi connectivity index (χ2n) is 5.56. The first kappa shape index (κ1) is 14.8. The minimum absolute atomic E-state index is 0.0855. The fourth-order valence-corrected chi connectivity index (χ4v) is 3.86. The van der Waals surface area contributed by atoms with Crippen LogP contribution in [0.1, 0.15) is 23.8 Å². The van der Waals surface area contributed by atoms with Crippen molar-refractivity contribution in [1.29, 1.82) is 0 Å². The summed E-state index contributed by atoms with van der Waals surface area (Å²) in [5, 5.41) is 5.22. The lowest BCUT2D eigenvalue weighted by Crippen LogP contribution is -2.46. The van der Waals surface area contributed by atoms with E-state index in [4.69, 9.17) is 4.74 Å². The predicted molar refractivity (Wildman–Crippen MR) is 83.7 cm³/mol. The van der Waals surface area contributed by atoms with Crippen LogP contribution < -0.4 is 5.32 Å². The first-order valence-corrected chi connectivity index (χ1v) is 8.60. The molecule has 2 fully saturated rings. The Morgan fingerprint density at radius 3 is 2.71 bits per heavy atom. The van der Waals surface area contributed by atoms with Gasteiger partial charge in [0, 0.05) is 37.6 Å². The monoisotopic (exact) mass is 309 g/mol. The van der Waals surface area contributed by atoms with Crippen LogP contribution in [0.3, 0.4) is 0 Å². The number of thiophene rings is 1. The number of morpholine rings is 1. The van der Waals surface area contributed by atoms with Gasteiger partial charge in [-0.2, -0.15) is 0 Å². The quantitative estimate of drug-likeness (QED) is 0.924. The van der Waals surface area contributed by atoms with Crippen molar-refractivity contribution in [3.63, 3.8) is 0 Å². The zero-order chi connectivity index (χ0) is 14.5. The van der Waals surface area contributed by atoms with E-state index in [-0.39, 0.29) is 12.1 Å². The van der Waals surface area contributed by atoms with Crippen molar-refractivity contribution < 1.29 is 9.53 Å². The Morgan fingerprint density at radius 1 is 1.29 bits per heavy atom. The van der Waals surface area contributed by atoms with Gasteiger partial charge in [0.1, 0.15) is 0 Å². The lowest BCUT2D eigenvalue weighted by atomic mass is 10.2. The molecule has 1 N–H and O–H groups in total. The molecule has 1 atom stereocenters. The van der Waals surface area contributed by atoms with Gasteiger partial charge in [-0.25, -0.2) is 4.79 Å². The number of ether oxygens (including phenoxy) is 1. The van der Waals surface area contributed by atoms with Crippen molar-refractivity contribution in [2.45, 2.75) is 18.9 Å². The number of urea groups is 1. The summed E-state index contributed by atoms with van der Waals surface area (Å²) in [7, 11) is 0. The maximum atomic E-state index is 12.2. The molecule has 1 aromatic heterocycles. The molecule has 0 bridgehead atoms. The average molecular weight is 309 g/mol. The Labute approximate surface area is 129 Å². The van der Waals surface area contributed by atoms with E-state index in [2.05, 4.69) is 27.7 Å². The summed E-state index contributed by atoms with van der Waals surface area (Å²) in [4.78, 5) is 17.8. The average Bonchev–Trinajstić information content (AvgIpc) is 3.22. The van der Waals surface area contributed by atoms with Gasteiger partial charge in [-0.15, -0.1) is 11.3 Å². The van der Waals surface area contributed by atoms with Gasteiger partial charge in [0.05, 0.1) is 19.3 Å². The SMILES string of the molecule is O=C(NC[C@@H](c1cccs1)N1CCOCC1)N1CCCC1. The van der Waals surface area contributed by atoms with Crippen LogP contribution >= 0.6 is 11.3 Å². The minimum Gasteiger partial charge on any atom is -0.379 e. The van der Waals surface area contributed by atoms with Crippen LogP contribution in [0.2, 0.25) is 0 Å². The number of carbonyl (C=O) groups is 1. The third-order valence-corrected chi connectivity index (χ3v) is 5.17. The zero-order valence-electron chi connectivity index (χ0n) is 12.3. The maximum absolute atomic E-state index is 12.2. The van der Waals surface area contributed by atoms with Crippen LogP contribution in [0, 0.1) is 0 Å². The van der Waals surface area contributed by atoms with Crippen molar-refractivity contribution in [3.8, 4) is 0 Å². The third-order valence-electron chi connectivity index (χ3n) is 4.20. The molecule has 0 aliphatic carbocycles.